The Morgan fingerprint density at radius 2 is 1.88 bits per heavy atom. The third-order valence-electron chi connectivity index (χ3n) is 3.90. The molecule has 0 aromatic heterocycles. The zero-order chi connectivity index (χ0) is 18.2. The predicted octanol–water partition coefficient (Wildman–Crippen LogP) is 3.94. The monoisotopic (exact) mass is 339 g/mol. The molecule has 1 aliphatic heterocycles. The Morgan fingerprint density at radius 1 is 1.25 bits per heavy atom. The van der Waals surface area contributed by atoms with Crippen molar-refractivity contribution >= 4 is 6.09 Å². The molecule has 0 radical (unpaired) electrons. The molecule has 1 rings (SSSR count). The average Bonchev–Trinajstić information content (AvgIpc) is 2.86. The summed E-state index contributed by atoms with van der Waals surface area (Å²) >= 11 is 0. The molecule has 0 spiro atoms. The van der Waals surface area contributed by atoms with E-state index in [9.17, 15) is 4.79 Å². The number of ether oxygens (including phenoxy) is 3. The number of allylic oxidation sites excluding steroid dienone is 1. The number of likely N-dealkylation sites (tertiary alicyclic amines) is 1. The van der Waals surface area contributed by atoms with Crippen LogP contribution < -0.4 is 0 Å². The number of hydrogen-bond donors (Lipinski definition) is 0. The lowest BCUT2D eigenvalue weighted by molar-refractivity contribution is -0.00498. The molecule has 138 valence electrons. The summed E-state index contributed by atoms with van der Waals surface area (Å²) in [6, 6.07) is 0.0645. The van der Waals surface area contributed by atoms with Crippen LogP contribution in [-0.2, 0) is 14.2 Å². The van der Waals surface area contributed by atoms with E-state index in [1.807, 2.05) is 26.8 Å². The zero-order valence-electron chi connectivity index (χ0n) is 15.7. The maximum Gasteiger partial charge on any atom is 0.410 e. The van der Waals surface area contributed by atoms with Gasteiger partial charge in [0.05, 0.1) is 31.9 Å². The summed E-state index contributed by atoms with van der Waals surface area (Å²) in [5.41, 5.74) is 0.534. The fraction of sp³-hybridized carbons (Fsp3) is 0.737. The van der Waals surface area contributed by atoms with Crippen LogP contribution in [0.3, 0.4) is 0 Å². The highest BCUT2D eigenvalue weighted by molar-refractivity contribution is 5.69. The number of methoxy groups -OCH3 is 1. The summed E-state index contributed by atoms with van der Waals surface area (Å²) in [4.78, 5) is 14.4. The summed E-state index contributed by atoms with van der Waals surface area (Å²) in [6.45, 7) is 14.9. The summed E-state index contributed by atoms with van der Waals surface area (Å²) in [5, 5.41) is 0. The van der Waals surface area contributed by atoms with Crippen LogP contribution in [0.15, 0.2) is 24.8 Å². The smallest absolute Gasteiger partial charge is 0.410 e. The van der Waals surface area contributed by atoms with Crippen LogP contribution in [0.25, 0.3) is 0 Å². The molecule has 0 aromatic rings. The number of rotatable bonds is 9. The lowest BCUT2D eigenvalue weighted by atomic mass is 10.2. The molecule has 24 heavy (non-hydrogen) atoms. The molecule has 1 saturated heterocycles. The van der Waals surface area contributed by atoms with E-state index >= 15 is 0 Å². The topological polar surface area (TPSA) is 48.0 Å². The molecule has 0 aliphatic carbocycles. The summed E-state index contributed by atoms with van der Waals surface area (Å²) in [6.07, 6.45) is 5.18. The summed E-state index contributed by atoms with van der Waals surface area (Å²) in [7, 11) is 1.65. The van der Waals surface area contributed by atoms with Crippen molar-refractivity contribution in [3.63, 3.8) is 0 Å². The van der Waals surface area contributed by atoms with Crippen molar-refractivity contribution in [1.29, 1.82) is 0 Å². The quantitative estimate of drug-likeness (QED) is 0.597. The Kier molecular flexibility index (Phi) is 8.50. The molecule has 1 amide bonds. The molecular formula is C19H33NO4. The molecule has 5 heteroatoms. The Balaban J connectivity index is 2.58. The van der Waals surface area contributed by atoms with Crippen LogP contribution in [0.1, 0.15) is 46.5 Å². The van der Waals surface area contributed by atoms with Crippen molar-refractivity contribution in [2.75, 3.05) is 26.9 Å². The van der Waals surface area contributed by atoms with Crippen molar-refractivity contribution < 1.29 is 19.0 Å². The van der Waals surface area contributed by atoms with Gasteiger partial charge in [-0.2, -0.15) is 0 Å². The van der Waals surface area contributed by atoms with E-state index in [0.717, 1.165) is 31.3 Å². The Bertz CT molecular complexity index is 428. The van der Waals surface area contributed by atoms with E-state index in [1.54, 1.807) is 12.0 Å². The van der Waals surface area contributed by atoms with E-state index in [2.05, 4.69) is 13.2 Å². The molecule has 0 aromatic carbocycles. The fourth-order valence-corrected chi connectivity index (χ4v) is 2.81. The van der Waals surface area contributed by atoms with Crippen molar-refractivity contribution in [1.82, 2.24) is 4.90 Å². The average molecular weight is 339 g/mol. The predicted molar refractivity (Wildman–Crippen MR) is 96.1 cm³/mol. The minimum absolute atomic E-state index is 0.0206. The molecule has 0 bridgehead atoms. The van der Waals surface area contributed by atoms with E-state index in [4.69, 9.17) is 14.2 Å². The van der Waals surface area contributed by atoms with Gasteiger partial charge in [-0.1, -0.05) is 18.2 Å². The Labute approximate surface area is 146 Å². The van der Waals surface area contributed by atoms with Gasteiger partial charge in [-0.15, -0.1) is 6.58 Å². The third kappa shape index (κ3) is 7.05. The second kappa shape index (κ2) is 9.84. The van der Waals surface area contributed by atoms with Crippen molar-refractivity contribution in [2.45, 2.75) is 64.1 Å². The SMILES string of the molecule is C=CCCC(=C)COC[C@@H]1CCC(COC)N1C(=O)OC(C)(C)C. The number of carbonyl (C=O) groups excluding carboxylic acids is 1. The highest BCUT2D eigenvalue weighted by Gasteiger charge is 2.39. The fourth-order valence-electron chi connectivity index (χ4n) is 2.81. The number of hydrogen-bond acceptors (Lipinski definition) is 4. The Hall–Kier alpha value is -1.33. The summed E-state index contributed by atoms with van der Waals surface area (Å²) in [5.74, 6) is 0. The number of amides is 1. The van der Waals surface area contributed by atoms with Gasteiger partial charge in [0.25, 0.3) is 0 Å². The van der Waals surface area contributed by atoms with Crippen LogP contribution in [0.4, 0.5) is 4.79 Å². The van der Waals surface area contributed by atoms with Gasteiger partial charge in [0, 0.05) is 7.11 Å². The van der Waals surface area contributed by atoms with Crippen molar-refractivity contribution in [2.24, 2.45) is 0 Å². The van der Waals surface area contributed by atoms with E-state index in [0.29, 0.717) is 19.8 Å². The maximum atomic E-state index is 12.6. The van der Waals surface area contributed by atoms with Crippen molar-refractivity contribution in [3.8, 4) is 0 Å². The maximum absolute atomic E-state index is 12.6. The van der Waals surface area contributed by atoms with Gasteiger partial charge in [0.15, 0.2) is 0 Å². The van der Waals surface area contributed by atoms with Crippen LogP contribution in [0, 0.1) is 0 Å². The molecule has 0 saturated carbocycles. The second-order valence-electron chi connectivity index (χ2n) is 7.32. The van der Waals surface area contributed by atoms with Crippen LogP contribution in [-0.4, -0.2) is 55.6 Å². The van der Waals surface area contributed by atoms with Crippen molar-refractivity contribution in [3.05, 3.63) is 24.8 Å². The van der Waals surface area contributed by atoms with Gasteiger partial charge in [0.1, 0.15) is 5.60 Å². The molecule has 1 fully saturated rings. The van der Waals surface area contributed by atoms with Crippen LogP contribution in [0.5, 0.6) is 0 Å². The molecule has 2 atom stereocenters. The van der Waals surface area contributed by atoms with Gasteiger partial charge < -0.3 is 14.2 Å². The number of carbonyl (C=O) groups is 1. The zero-order valence-corrected chi connectivity index (χ0v) is 15.7. The lowest BCUT2D eigenvalue weighted by Gasteiger charge is -2.32. The largest absolute Gasteiger partial charge is 0.444 e. The first-order chi connectivity index (χ1) is 11.3. The molecule has 1 unspecified atom stereocenters. The van der Waals surface area contributed by atoms with Crippen LogP contribution in [0.2, 0.25) is 0 Å². The number of nitrogens with zero attached hydrogens (tertiary/aromatic N) is 1. The molecular weight excluding hydrogens is 306 g/mol. The normalized spacial score (nSPS) is 20.9. The van der Waals surface area contributed by atoms with E-state index < -0.39 is 5.60 Å². The standard InChI is InChI=1S/C19H33NO4/c1-7-8-9-15(2)12-23-14-17-11-10-16(13-22-6)20(17)18(21)24-19(3,4)5/h7,16-17H,1-2,8-14H2,3-6H3/t16?,17-/m0/s1. The van der Waals surface area contributed by atoms with Gasteiger partial charge in [-0.05, 0) is 46.5 Å². The van der Waals surface area contributed by atoms with Gasteiger partial charge >= 0.3 is 6.09 Å². The van der Waals surface area contributed by atoms with Crippen LogP contribution >= 0.6 is 0 Å². The molecule has 1 heterocycles. The van der Waals surface area contributed by atoms with E-state index in [1.165, 1.54) is 0 Å². The molecule has 1 aliphatic rings. The van der Waals surface area contributed by atoms with Gasteiger partial charge in [-0.25, -0.2) is 4.79 Å². The first-order valence-electron chi connectivity index (χ1n) is 8.64. The highest BCUT2D eigenvalue weighted by Crippen LogP contribution is 2.27. The van der Waals surface area contributed by atoms with Gasteiger partial charge in [-0.3, -0.25) is 4.90 Å². The van der Waals surface area contributed by atoms with E-state index in [-0.39, 0.29) is 18.2 Å². The molecule has 5 nitrogen and oxygen atoms in total. The molecule has 0 N–H and O–H groups in total. The second-order valence-corrected chi connectivity index (χ2v) is 7.32. The highest BCUT2D eigenvalue weighted by atomic mass is 16.6. The summed E-state index contributed by atoms with van der Waals surface area (Å²) < 4.78 is 16.6. The third-order valence-corrected chi connectivity index (χ3v) is 3.90. The van der Waals surface area contributed by atoms with Gasteiger partial charge in [0.2, 0.25) is 0 Å². The minimum Gasteiger partial charge on any atom is -0.444 e. The minimum atomic E-state index is -0.512. The Morgan fingerprint density at radius 3 is 2.42 bits per heavy atom. The first-order valence-corrected chi connectivity index (χ1v) is 8.64. The first kappa shape index (κ1) is 20.7. The lowest BCUT2D eigenvalue weighted by Crippen LogP contribution is -2.47.